The van der Waals surface area contributed by atoms with E-state index < -0.39 is 6.10 Å². The van der Waals surface area contributed by atoms with E-state index in [0.717, 1.165) is 11.1 Å². The minimum atomic E-state index is -0.712. The van der Waals surface area contributed by atoms with E-state index in [9.17, 15) is 5.11 Å². The summed E-state index contributed by atoms with van der Waals surface area (Å²) in [6.45, 7) is 1.92. The third-order valence-electron chi connectivity index (χ3n) is 3.32. The van der Waals surface area contributed by atoms with Crippen molar-refractivity contribution in [3.8, 4) is 11.5 Å². The van der Waals surface area contributed by atoms with Crippen LogP contribution >= 0.6 is 0 Å². The Morgan fingerprint density at radius 3 is 2.57 bits per heavy atom. The van der Waals surface area contributed by atoms with Gasteiger partial charge in [-0.3, -0.25) is 0 Å². The SMILES string of the molecule is COc1ccc(CC(O)c2cc(C)cnc2N)cc1OC. The van der Waals surface area contributed by atoms with Gasteiger partial charge < -0.3 is 20.3 Å². The van der Waals surface area contributed by atoms with E-state index in [-0.39, 0.29) is 0 Å². The van der Waals surface area contributed by atoms with Gasteiger partial charge in [0.25, 0.3) is 0 Å². The summed E-state index contributed by atoms with van der Waals surface area (Å²) in [7, 11) is 3.17. The lowest BCUT2D eigenvalue weighted by Crippen LogP contribution is -2.07. The first-order valence-corrected chi connectivity index (χ1v) is 6.66. The van der Waals surface area contributed by atoms with Gasteiger partial charge in [-0.05, 0) is 36.2 Å². The molecule has 21 heavy (non-hydrogen) atoms. The smallest absolute Gasteiger partial charge is 0.160 e. The van der Waals surface area contributed by atoms with E-state index >= 15 is 0 Å². The zero-order valence-electron chi connectivity index (χ0n) is 12.5. The van der Waals surface area contributed by atoms with Crippen LogP contribution in [0.2, 0.25) is 0 Å². The fourth-order valence-electron chi connectivity index (χ4n) is 2.21. The van der Waals surface area contributed by atoms with Gasteiger partial charge >= 0.3 is 0 Å². The summed E-state index contributed by atoms with van der Waals surface area (Å²) in [4.78, 5) is 4.08. The molecule has 5 heteroatoms. The second-order valence-electron chi connectivity index (χ2n) is 4.90. The predicted octanol–water partition coefficient (Wildman–Crippen LogP) is 2.27. The second-order valence-corrected chi connectivity index (χ2v) is 4.90. The molecule has 0 amide bonds. The molecule has 0 spiro atoms. The number of methoxy groups -OCH3 is 2. The largest absolute Gasteiger partial charge is 0.493 e. The lowest BCUT2D eigenvalue weighted by atomic mass is 10.0. The van der Waals surface area contributed by atoms with Crippen LogP contribution in [-0.4, -0.2) is 24.3 Å². The van der Waals surface area contributed by atoms with Crippen molar-refractivity contribution in [1.29, 1.82) is 0 Å². The molecule has 0 bridgehead atoms. The number of nitrogens with two attached hydrogens (primary N) is 1. The topological polar surface area (TPSA) is 77.6 Å². The van der Waals surface area contributed by atoms with Crippen molar-refractivity contribution >= 4 is 5.82 Å². The molecule has 0 fully saturated rings. The van der Waals surface area contributed by atoms with Crippen LogP contribution in [0.1, 0.15) is 22.8 Å². The minimum absolute atomic E-state index is 0.355. The van der Waals surface area contributed by atoms with Crippen LogP contribution in [0.4, 0.5) is 5.82 Å². The van der Waals surface area contributed by atoms with E-state index in [1.54, 1.807) is 20.4 Å². The number of aromatic nitrogens is 1. The lowest BCUT2D eigenvalue weighted by molar-refractivity contribution is 0.178. The van der Waals surface area contributed by atoms with Crippen LogP contribution in [0.15, 0.2) is 30.5 Å². The van der Waals surface area contributed by atoms with Gasteiger partial charge in [0.1, 0.15) is 5.82 Å². The lowest BCUT2D eigenvalue weighted by Gasteiger charge is -2.15. The molecule has 0 radical (unpaired) electrons. The molecule has 0 saturated carbocycles. The van der Waals surface area contributed by atoms with E-state index in [1.165, 1.54) is 0 Å². The molecule has 2 aromatic rings. The number of anilines is 1. The van der Waals surface area contributed by atoms with Gasteiger partial charge in [0, 0.05) is 18.2 Å². The highest BCUT2D eigenvalue weighted by atomic mass is 16.5. The Balaban J connectivity index is 2.23. The van der Waals surface area contributed by atoms with Crippen molar-refractivity contribution in [1.82, 2.24) is 4.98 Å². The number of aliphatic hydroxyl groups is 1. The molecule has 1 unspecified atom stereocenters. The summed E-state index contributed by atoms with van der Waals surface area (Å²) < 4.78 is 10.5. The van der Waals surface area contributed by atoms with Crippen LogP contribution in [0, 0.1) is 6.92 Å². The molecule has 0 aliphatic heterocycles. The monoisotopic (exact) mass is 288 g/mol. The Bertz CT molecular complexity index is 629. The first kappa shape index (κ1) is 15.1. The van der Waals surface area contributed by atoms with Crippen LogP contribution in [-0.2, 0) is 6.42 Å². The van der Waals surface area contributed by atoms with Gasteiger partial charge in [-0.25, -0.2) is 4.98 Å². The molecule has 5 nitrogen and oxygen atoms in total. The number of rotatable bonds is 5. The number of pyridine rings is 1. The van der Waals surface area contributed by atoms with Gasteiger partial charge in [-0.15, -0.1) is 0 Å². The summed E-state index contributed by atoms with van der Waals surface area (Å²) in [6.07, 6.45) is 1.40. The van der Waals surface area contributed by atoms with E-state index in [4.69, 9.17) is 15.2 Å². The van der Waals surface area contributed by atoms with Gasteiger partial charge in [0.05, 0.1) is 20.3 Å². The maximum Gasteiger partial charge on any atom is 0.160 e. The maximum atomic E-state index is 10.4. The van der Waals surface area contributed by atoms with Gasteiger partial charge in [0.2, 0.25) is 0 Å². The highest BCUT2D eigenvalue weighted by molar-refractivity contribution is 5.45. The molecule has 112 valence electrons. The quantitative estimate of drug-likeness (QED) is 0.882. The first-order chi connectivity index (χ1) is 10.0. The number of aryl methyl sites for hydroxylation is 1. The van der Waals surface area contributed by atoms with Crippen molar-refractivity contribution in [2.24, 2.45) is 0 Å². The van der Waals surface area contributed by atoms with Crippen molar-refractivity contribution < 1.29 is 14.6 Å². The molecule has 1 heterocycles. The molecule has 0 aliphatic rings. The Hall–Kier alpha value is -2.27. The number of nitrogens with zero attached hydrogens (tertiary/aromatic N) is 1. The van der Waals surface area contributed by atoms with Crippen LogP contribution < -0.4 is 15.2 Å². The van der Waals surface area contributed by atoms with E-state index in [1.807, 2.05) is 31.2 Å². The summed E-state index contributed by atoms with van der Waals surface area (Å²) in [5, 5.41) is 10.4. The highest BCUT2D eigenvalue weighted by Crippen LogP contribution is 2.30. The van der Waals surface area contributed by atoms with Gasteiger partial charge in [0.15, 0.2) is 11.5 Å². The fraction of sp³-hybridized carbons (Fsp3) is 0.312. The third-order valence-corrected chi connectivity index (χ3v) is 3.32. The number of ether oxygens (including phenoxy) is 2. The molecule has 1 atom stereocenters. The molecule has 0 aliphatic carbocycles. The standard InChI is InChI=1S/C16H20N2O3/c1-10-6-12(16(17)18-9-10)13(19)7-11-4-5-14(20-2)15(8-11)21-3/h4-6,8-9,13,19H,7H2,1-3H3,(H2,17,18). The predicted molar refractivity (Wildman–Crippen MR) is 81.6 cm³/mol. The molecule has 2 rings (SSSR count). The minimum Gasteiger partial charge on any atom is -0.493 e. The van der Waals surface area contributed by atoms with Crippen molar-refractivity contribution in [3.63, 3.8) is 0 Å². The summed E-state index contributed by atoms with van der Waals surface area (Å²) in [5.74, 6) is 1.65. The Morgan fingerprint density at radius 2 is 1.90 bits per heavy atom. The average molecular weight is 288 g/mol. The zero-order chi connectivity index (χ0) is 15.4. The van der Waals surface area contributed by atoms with Crippen molar-refractivity contribution in [2.45, 2.75) is 19.4 Å². The number of aliphatic hydroxyl groups excluding tert-OH is 1. The first-order valence-electron chi connectivity index (χ1n) is 6.66. The van der Waals surface area contributed by atoms with Gasteiger partial charge in [-0.1, -0.05) is 6.07 Å². The van der Waals surface area contributed by atoms with Crippen LogP contribution in [0.5, 0.6) is 11.5 Å². The summed E-state index contributed by atoms with van der Waals surface area (Å²) >= 11 is 0. The zero-order valence-corrected chi connectivity index (χ0v) is 12.5. The Labute approximate surface area is 124 Å². The van der Waals surface area contributed by atoms with Gasteiger partial charge in [-0.2, -0.15) is 0 Å². The van der Waals surface area contributed by atoms with E-state index in [2.05, 4.69) is 4.98 Å². The average Bonchev–Trinajstić information content (AvgIpc) is 2.49. The number of hydrogen-bond donors (Lipinski definition) is 2. The van der Waals surface area contributed by atoms with Crippen molar-refractivity contribution in [2.75, 3.05) is 20.0 Å². The number of nitrogen functional groups attached to an aromatic ring is 1. The Kier molecular flexibility index (Phi) is 4.65. The molecule has 1 aromatic heterocycles. The molecular formula is C16H20N2O3. The normalized spacial score (nSPS) is 12.0. The van der Waals surface area contributed by atoms with E-state index in [0.29, 0.717) is 29.3 Å². The summed E-state index contributed by atoms with van der Waals surface area (Å²) in [5.41, 5.74) is 8.37. The molecular weight excluding hydrogens is 268 g/mol. The molecule has 3 N–H and O–H groups in total. The molecule has 0 saturated heterocycles. The second kappa shape index (κ2) is 6.45. The summed E-state index contributed by atoms with van der Waals surface area (Å²) in [6, 6.07) is 7.41. The van der Waals surface area contributed by atoms with Crippen LogP contribution in [0.25, 0.3) is 0 Å². The van der Waals surface area contributed by atoms with Crippen LogP contribution in [0.3, 0.4) is 0 Å². The van der Waals surface area contributed by atoms with Crippen molar-refractivity contribution in [3.05, 3.63) is 47.2 Å². The Morgan fingerprint density at radius 1 is 1.19 bits per heavy atom. The highest BCUT2D eigenvalue weighted by Gasteiger charge is 2.14. The fourth-order valence-corrected chi connectivity index (χ4v) is 2.21. The maximum absolute atomic E-state index is 10.4. The third kappa shape index (κ3) is 3.44. The number of hydrogen-bond acceptors (Lipinski definition) is 5. The number of benzene rings is 1. The molecule has 1 aromatic carbocycles.